The Bertz CT molecular complexity index is 500. The van der Waals surface area contributed by atoms with Crippen LogP contribution in [0.2, 0.25) is 0 Å². The fraction of sp³-hybridized carbons (Fsp3) is 0.385. The van der Waals surface area contributed by atoms with Crippen molar-refractivity contribution in [2.45, 2.75) is 32.0 Å². The second-order valence-corrected chi connectivity index (χ2v) is 5.32. The monoisotopic (exact) mass is 232 g/mol. The zero-order valence-electron chi connectivity index (χ0n) is 9.20. The van der Waals surface area contributed by atoms with Crippen molar-refractivity contribution in [2.75, 3.05) is 0 Å². The standard InChI is InChI=1S/C13H16N2S/c14-6-9-2-1-3-12-13(9)10(8-16-12)7-15-11-4-5-11/h1-3,8,11,15H,4-7,14H2. The molecule has 0 unspecified atom stereocenters. The maximum atomic E-state index is 5.80. The van der Waals surface area contributed by atoms with Gasteiger partial charge in [0.15, 0.2) is 0 Å². The molecule has 1 aromatic carbocycles. The van der Waals surface area contributed by atoms with E-state index in [0.717, 1.165) is 12.6 Å². The molecule has 0 amide bonds. The molecule has 0 spiro atoms. The summed E-state index contributed by atoms with van der Waals surface area (Å²) in [4.78, 5) is 0. The number of thiophene rings is 1. The predicted octanol–water partition coefficient (Wildman–Crippen LogP) is 2.61. The van der Waals surface area contributed by atoms with Crippen molar-refractivity contribution >= 4 is 21.4 Å². The van der Waals surface area contributed by atoms with Crippen LogP contribution in [0.3, 0.4) is 0 Å². The van der Waals surface area contributed by atoms with Gasteiger partial charge in [0.1, 0.15) is 0 Å². The zero-order chi connectivity index (χ0) is 11.0. The van der Waals surface area contributed by atoms with Crippen LogP contribution in [0.15, 0.2) is 23.6 Å². The Labute approximate surface area is 99.5 Å². The SMILES string of the molecule is NCc1cccc2scc(CNC3CC3)c12. The predicted molar refractivity (Wildman–Crippen MR) is 69.6 cm³/mol. The van der Waals surface area contributed by atoms with Crippen molar-refractivity contribution in [1.82, 2.24) is 5.32 Å². The molecule has 1 aliphatic carbocycles. The fourth-order valence-corrected chi connectivity index (χ4v) is 3.08. The van der Waals surface area contributed by atoms with Crippen molar-refractivity contribution in [3.8, 4) is 0 Å². The second kappa shape index (κ2) is 4.17. The topological polar surface area (TPSA) is 38.0 Å². The molecular formula is C13H16N2S. The van der Waals surface area contributed by atoms with Gasteiger partial charge in [0.25, 0.3) is 0 Å². The molecule has 3 N–H and O–H groups in total. The molecule has 0 bridgehead atoms. The van der Waals surface area contributed by atoms with Crippen LogP contribution in [0.4, 0.5) is 0 Å². The molecule has 1 heterocycles. The number of hydrogen-bond acceptors (Lipinski definition) is 3. The van der Waals surface area contributed by atoms with Gasteiger partial charge in [-0.2, -0.15) is 0 Å². The summed E-state index contributed by atoms with van der Waals surface area (Å²) in [5.74, 6) is 0. The third-order valence-corrected chi connectivity index (χ3v) is 4.14. The van der Waals surface area contributed by atoms with Gasteiger partial charge in [-0.1, -0.05) is 12.1 Å². The minimum Gasteiger partial charge on any atom is -0.326 e. The van der Waals surface area contributed by atoms with E-state index in [1.54, 1.807) is 0 Å². The van der Waals surface area contributed by atoms with E-state index < -0.39 is 0 Å². The van der Waals surface area contributed by atoms with E-state index in [2.05, 4.69) is 28.9 Å². The number of nitrogens with one attached hydrogen (secondary N) is 1. The van der Waals surface area contributed by atoms with Crippen LogP contribution in [0.25, 0.3) is 10.1 Å². The normalized spacial score (nSPS) is 15.8. The molecule has 1 saturated carbocycles. The smallest absolute Gasteiger partial charge is 0.0349 e. The van der Waals surface area contributed by atoms with Gasteiger partial charge in [0.2, 0.25) is 0 Å². The lowest BCUT2D eigenvalue weighted by molar-refractivity contribution is 0.692. The molecule has 1 fully saturated rings. The summed E-state index contributed by atoms with van der Waals surface area (Å²) in [6, 6.07) is 7.18. The maximum Gasteiger partial charge on any atom is 0.0349 e. The zero-order valence-corrected chi connectivity index (χ0v) is 10.0. The average molecular weight is 232 g/mol. The Morgan fingerprint density at radius 2 is 2.19 bits per heavy atom. The molecule has 0 aliphatic heterocycles. The number of nitrogens with two attached hydrogens (primary N) is 1. The second-order valence-electron chi connectivity index (χ2n) is 4.41. The van der Waals surface area contributed by atoms with Crippen molar-refractivity contribution in [1.29, 1.82) is 0 Å². The van der Waals surface area contributed by atoms with Gasteiger partial charge < -0.3 is 11.1 Å². The Morgan fingerprint density at radius 3 is 2.94 bits per heavy atom. The van der Waals surface area contributed by atoms with Crippen LogP contribution in [0.5, 0.6) is 0 Å². The van der Waals surface area contributed by atoms with Crippen LogP contribution in [-0.2, 0) is 13.1 Å². The summed E-state index contributed by atoms with van der Waals surface area (Å²) in [5.41, 5.74) is 8.48. The molecule has 1 aliphatic rings. The summed E-state index contributed by atoms with van der Waals surface area (Å²) in [6.45, 7) is 1.62. The molecule has 0 atom stereocenters. The minimum absolute atomic E-state index is 0.629. The van der Waals surface area contributed by atoms with E-state index in [1.807, 2.05) is 11.3 Å². The average Bonchev–Trinajstić information content (AvgIpc) is 3.06. The van der Waals surface area contributed by atoms with Gasteiger partial charge >= 0.3 is 0 Å². The molecule has 1 aromatic heterocycles. The lowest BCUT2D eigenvalue weighted by Gasteiger charge is -2.05. The highest BCUT2D eigenvalue weighted by Crippen LogP contribution is 2.29. The van der Waals surface area contributed by atoms with E-state index in [1.165, 1.54) is 34.1 Å². The van der Waals surface area contributed by atoms with Crippen molar-refractivity contribution in [3.05, 3.63) is 34.7 Å². The van der Waals surface area contributed by atoms with Crippen LogP contribution >= 0.6 is 11.3 Å². The van der Waals surface area contributed by atoms with Crippen molar-refractivity contribution in [2.24, 2.45) is 5.73 Å². The Morgan fingerprint density at radius 1 is 1.31 bits per heavy atom. The van der Waals surface area contributed by atoms with Crippen LogP contribution in [-0.4, -0.2) is 6.04 Å². The van der Waals surface area contributed by atoms with Crippen LogP contribution in [0.1, 0.15) is 24.0 Å². The first-order valence-electron chi connectivity index (χ1n) is 5.80. The van der Waals surface area contributed by atoms with Gasteiger partial charge in [-0.05, 0) is 35.4 Å². The third-order valence-electron chi connectivity index (χ3n) is 3.14. The number of benzene rings is 1. The first kappa shape index (κ1) is 10.3. The summed E-state index contributed by atoms with van der Waals surface area (Å²) >= 11 is 1.82. The number of hydrogen-bond donors (Lipinski definition) is 2. The van der Waals surface area contributed by atoms with Crippen molar-refractivity contribution in [3.63, 3.8) is 0 Å². The molecule has 0 radical (unpaired) electrons. The van der Waals surface area contributed by atoms with E-state index in [-0.39, 0.29) is 0 Å². The summed E-state index contributed by atoms with van der Waals surface area (Å²) < 4.78 is 1.36. The molecule has 2 aromatic rings. The third kappa shape index (κ3) is 1.86. The van der Waals surface area contributed by atoms with Gasteiger partial charge in [0.05, 0.1) is 0 Å². The van der Waals surface area contributed by atoms with Gasteiger partial charge in [-0.3, -0.25) is 0 Å². The van der Waals surface area contributed by atoms with Crippen LogP contribution in [0, 0.1) is 0 Å². The molecule has 16 heavy (non-hydrogen) atoms. The summed E-state index contributed by atoms with van der Waals surface area (Å²) in [7, 11) is 0. The highest BCUT2D eigenvalue weighted by molar-refractivity contribution is 7.17. The molecule has 3 heteroatoms. The molecule has 2 nitrogen and oxygen atoms in total. The minimum atomic E-state index is 0.629. The lowest BCUT2D eigenvalue weighted by atomic mass is 10.1. The van der Waals surface area contributed by atoms with Crippen molar-refractivity contribution < 1.29 is 0 Å². The maximum absolute atomic E-state index is 5.80. The van der Waals surface area contributed by atoms with Gasteiger partial charge in [-0.25, -0.2) is 0 Å². The Balaban J connectivity index is 1.95. The first-order chi connectivity index (χ1) is 7.88. The first-order valence-corrected chi connectivity index (χ1v) is 6.68. The summed E-state index contributed by atoms with van der Waals surface area (Å²) in [6.07, 6.45) is 2.68. The fourth-order valence-electron chi connectivity index (χ4n) is 2.07. The largest absolute Gasteiger partial charge is 0.326 e. The van der Waals surface area contributed by atoms with E-state index in [4.69, 9.17) is 5.73 Å². The Kier molecular flexibility index (Phi) is 2.67. The highest BCUT2D eigenvalue weighted by atomic mass is 32.1. The lowest BCUT2D eigenvalue weighted by Crippen LogP contribution is -2.15. The van der Waals surface area contributed by atoms with E-state index in [0.29, 0.717) is 6.54 Å². The molecular weight excluding hydrogens is 216 g/mol. The number of rotatable bonds is 4. The Hall–Kier alpha value is -0.900. The highest BCUT2D eigenvalue weighted by Gasteiger charge is 2.20. The number of fused-ring (bicyclic) bond motifs is 1. The van der Waals surface area contributed by atoms with Gasteiger partial charge in [0, 0.05) is 29.2 Å². The molecule has 3 rings (SSSR count). The van der Waals surface area contributed by atoms with E-state index in [9.17, 15) is 0 Å². The molecule has 84 valence electrons. The molecule has 0 saturated heterocycles. The van der Waals surface area contributed by atoms with Gasteiger partial charge in [-0.15, -0.1) is 11.3 Å². The van der Waals surface area contributed by atoms with Crippen LogP contribution < -0.4 is 11.1 Å². The van der Waals surface area contributed by atoms with E-state index >= 15 is 0 Å². The summed E-state index contributed by atoms with van der Waals surface area (Å²) in [5, 5.41) is 7.21. The quantitative estimate of drug-likeness (QED) is 0.850.